The first-order valence-corrected chi connectivity index (χ1v) is 8.48. The Labute approximate surface area is 139 Å². The van der Waals surface area contributed by atoms with E-state index in [9.17, 15) is 10.0 Å². The number of urea groups is 1. The quantitative estimate of drug-likeness (QED) is 0.624. The molecule has 122 valence electrons. The zero-order valence-electron chi connectivity index (χ0n) is 12.9. The molecule has 23 heavy (non-hydrogen) atoms. The zero-order valence-corrected chi connectivity index (χ0v) is 13.7. The Balaban J connectivity index is 1.55. The Bertz CT molecular complexity index is 657. The van der Waals surface area contributed by atoms with Crippen LogP contribution in [0.2, 0.25) is 0 Å². The van der Waals surface area contributed by atoms with Crippen LogP contribution in [0.15, 0.2) is 41.8 Å². The summed E-state index contributed by atoms with van der Waals surface area (Å²) in [5.41, 5.74) is 6.22. The highest BCUT2D eigenvalue weighted by Gasteiger charge is 2.39. The standard InChI is InChI=1S/C17H20N2O3S/c1-11(16-3-2-8-23-16)22-14-6-4-12(5-7-14)15-9-13(15)10-19(21)17(18)20/h2-8,11,13,15,21H,9-10H2,1H3,(H2,18,20). The molecule has 5 nitrogen and oxygen atoms in total. The molecule has 1 aromatic heterocycles. The summed E-state index contributed by atoms with van der Waals surface area (Å²) in [6.07, 6.45) is 0.990. The molecule has 3 unspecified atom stereocenters. The van der Waals surface area contributed by atoms with Crippen LogP contribution in [0, 0.1) is 5.92 Å². The van der Waals surface area contributed by atoms with E-state index in [2.05, 4.69) is 6.07 Å². The topological polar surface area (TPSA) is 75.8 Å². The van der Waals surface area contributed by atoms with Crippen molar-refractivity contribution in [3.05, 3.63) is 52.2 Å². The van der Waals surface area contributed by atoms with E-state index in [1.165, 1.54) is 10.4 Å². The molecule has 0 saturated heterocycles. The van der Waals surface area contributed by atoms with E-state index in [1.54, 1.807) is 11.3 Å². The van der Waals surface area contributed by atoms with Crippen molar-refractivity contribution in [2.45, 2.75) is 25.4 Å². The Morgan fingerprint density at radius 3 is 2.78 bits per heavy atom. The lowest BCUT2D eigenvalue weighted by atomic mass is 10.1. The van der Waals surface area contributed by atoms with E-state index in [0.29, 0.717) is 11.0 Å². The van der Waals surface area contributed by atoms with Gasteiger partial charge in [0.15, 0.2) is 0 Å². The minimum Gasteiger partial charge on any atom is -0.485 e. The molecule has 1 aliphatic rings. The molecule has 1 fully saturated rings. The SMILES string of the molecule is CC(Oc1ccc(C2CC2CN(O)C(N)=O)cc1)c1cccs1. The fraction of sp³-hybridized carbons (Fsp3) is 0.353. The van der Waals surface area contributed by atoms with Crippen molar-refractivity contribution in [3.63, 3.8) is 0 Å². The number of hydrogen-bond acceptors (Lipinski definition) is 4. The van der Waals surface area contributed by atoms with Gasteiger partial charge < -0.3 is 10.5 Å². The molecule has 0 bridgehead atoms. The molecular formula is C17H20N2O3S. The number of amides is 2. The number of thiophene rings is 1. The second-order valence-corrected chi connectivity index (χ2v) is 6.85. The molecule has 0 aliphatic heterocycles. The first kappa shape index (κ1) is 15.8. The minimum atomic E-state index is -0.804. The fourth-order valence-electron chi connectivity index (χ4n) is 2.75. The average molecular weight is 332 g/mol. The highest BCUT2D eigenvalue weighted by atomic mass is 32.1. The van der Waals surface area contributed by atoms with E-state index < -0.39 is 6.03 Å². The van der Waals surface area contributed by atoms with Crippen molar-refractivity contribution in [1.29, 1.82) is 0 Å². The van der Waals surface area contributed by atoms with Crippen LogP contribution in [-0.4, -0.2) is 22.8 Å². The summed E-state index contributed by atoms with van der Waals surface area (Å²) in [5.74, 6) is 1.48. The first-order valence-electron chi connectivity index (χ1n) is 7.60. The fourth-order valence-corrected chi connectivity index (χ4v) is 3.46. The van der Waals surface area contributed by atoms with Crippen molar-refractivity contribution in [3.8, 4) is 5.75 Å². The smallest absolute Gasteiger partial charge is 0.338 e. The third kappa shape index (κ3) is 3.83. The van der Waals surface area contributed by atoms with E-state index >= 15 is 0 Å². The second kappa shape index (κ2) is 6.60. The normalized spacial score (nSPS) is 20.8. The number of primary amides is 1. The Kier molecular flexibility index (Phi) is 4.54. The first-order chi connectivity index (χ1) is 11.0. The maximum atomic E-state index is 10.8. The summed E-state index contributed by atoms with van der Waals surface area (Å²) in [4.78, 5) is 12.0. The highest BCUT2D eigenvalue weighted by molar-refractivity contribution is 7.10. The van der Waals surface area contributed by atoms with Crippen molar-refractivity contribution in [2.75, 3.05) is 6.54 Å². The molecule has 0 radical (unpaired) electrons. The summed E-state index contributed by atoms with van der Waals surface area (Å²) in [7, 11) is 0. The molecule has 3 atom stereocenters. The van der Waals surface area contributed by atoms with Crippen LogP contribution in [0.4, 0.5) is 4.79 Å². The highest BCUT2D eigenvalue weighted by Crippen LogP contribution is 2.48. The van der Waals surface area contributed by atoms with Gasteiger partial charge in [-0.15, -0.1) is 11.3 Å². The molecule has 1 aromatic carbocycles. The van der Waals surface area contributed by atoms with Crippen molar-refractivity contribution < 1.29 is 14.7 Å². The van der Waals surface area contributed by atoms with Crippen molar-refractivity contribution in [1.82, 2.24) is 5.06 Å². The van der Waals surface area contributed by atoms with Crippen LogP contribution in [0.3, 0.4) is 0 Å². The van der Waals surface area contributed by atoms with Crippen LogP contribution in [-0.2, 0) is 0 Å². The predicted octanol–water partition coefficient (Wildman–Crippen LogP) is 3.76. The van der Waals surface area contributed by atoms with E-state index in [4.69, 9.17) is 10.5 Å². The second-order valence-electron chi connectivity index (χ2n) is 5.87. The zero-order chi connectivity index (χ0) is 16.4. The lowest BCUT2D eigenvalue weighted by molar-refractivity contribution is -0.0431. The molecule has 0 spiro atoms. The van der Waals surface area contributed by atoms with Gasteiger partial charge in [0.1, 0.15) is 11.9 Å². The van der Waals surface area contributed by atoms with E-state index in [-0.39, 0.29) is 18.6 Å². The molecule has 3 N–H and O–H groups in total. The van der Waals surface area contributed by atoms with Gasteiger partial charge in [-0.25, -0.2) is 9.86 Å². The number of rotatable bonds is 6. The van der Waals surface area contributed by atoms with Gasteiger partial charge >= 0.3 is 6.03 Å². The van der Waals surface area contributed by atoms with Crippen molar-refractivity contribution >= 4 is 17.4 Å². The predicted molar refractivity (Wildman–Crippen MR) is 88.7 cm³/mol. The number of carbonyl (C=O) groups is 1. The summed E-state index contributed by atoms with van der Waals surface area (Å²) >= 11 is 1.69. The van der Waals surface area contributed by atoms with Gasteiger partial charge in [0.2, 0.25) is 0 Å². The number of hydroxylamine groups is 2. The Morgan fingerprint density at radius 1 is 1.43 bits per heavy atom. The summed E-state index contributed by atoms with van der Waals surface area (Å²) in [6.45, 7) is 2.32. The number of carbonyl (C=O) groups excluding carboxylic acids is 1. The Hall–Kier alpha value is -2.05. The Morgan fingerprint density at radius 2 is 2.17 bits per heavy atom. The van der Waals surface area contributed by atoms with Gasteiger partial charge in [-0.2, -0.15) is 0 Å². The van der Waals surface area contributed by atoms with Crippen molar-refractivity contribution in [2.24, 2.45) is 11.7 Å². The summed E-state index contributed by atoms with van der Waals surface area (Å²) in [6, 6.07) is 11.3. The molecule has 1 heterocycles. The summed E-state index contributed by atoms with van der Waals surface area (Å²) < 4.78 is 5.94. The summed E-state index contributed by atoms with van der Waals surface area (Å²) in [5, 5.41) is 12.0. The van der Waals surface area contributed by atoms with Crippen LogP contribution in [0.1, 0.15) is 35.8 Å². The van der Waals surface area contributed by atoms with Gasteiger partial charge in [0.05, 0.1) is 6.54 Å². The molecule has 6 heteroatoms. The maximum Gasteiger partial charge on any atom is 0.338 e. The maximum absolute atomic E-state index is 10.8. The van der Waals surface area contributed by atoms with E-state index in [1.807, 2.05) is 42.6 Å². The molecule has 2 aromatic rings. The number of ether oxygens (including phenoxy) is 1. The lowest BCUT2D eigenvalue weighted by Crippen LogP contribution is -2.34. The third-order valence-electron chi connectivity index (χ3n) is 4.15. The molecule has 3 rings (SSSR count). The largest absolute Gasteiger partial charge is 0.485 e. The molecule has 1 aliphatic carbocycles. The van der Waals surface area contributed by atoms with Gasteiger partial charge in [0, 0.05) is 4.88 Å². The number of nitrogens with two attached hydrogens (primary N) is 1. The molecular weight excluding hydrogens is 312 g/mol. The number of benzene rings is 1. The van der Waals surface area contributed by atoms with Crippen LogP contribution < -0.4 is 10.5 Å². The molecule has 1 saturated carbocycles. The van der Waals surface area contributed by atoms with Crippen LogP contribution in [0.25, 0.3) is 0 Å². The molecule has 2 amide bonds. The van der Waals surface area contributed by atoms with Gasteiger partial charge in [-0.3, -0.25) is 5.21 Å². The minimum absolute atomic E-state index is 0.0352. The average Bonchev–Trinajstić information content (AvgIpc) is 3.07. The number of hydrogen-bond donors (Lipinski definition) is 2. The van der Waals surface area contributed by atoms with E-state index in [0.717, 1.165) is 12.2 Å². The van der Waals surface area contributed by atoms with Crippen LogP contribution in [0.5, 0.6) is 5.75 Å². The van der Waals surface area contributed by atoms with Gasteiger partial charge in [-0.1, -0.05) is 18.2 Å². The third-order valence-corrected chi connectivity index (χ3v) is 5.18. The van der Waals surface area contributed by atoms with Gasteiger partial charge in [0.25, 0.3) is 0 Å². The number of nitrogens with zero attached hydrogens (tertiary/aromatic N) is 1. The van der Waals surface area contributed by atoms with Crippen LogP contribution >= 0.6 is 11.3 Å². The van der Waals surface area contributed by atoms with Gasteiger partial charge in [-0.05, 0) is 54.3 Å². The lowest BCUT2D eigenvalue weighted by Gasteiger charge is -2.14. The monoisotopic (exact) mass is 332 g/mol.